The molecule has 2 aromatic carbocycles. The zero-order chi connectivity index (χ0) is 15.7. The molecule has 0 bridgehead atoms. The summed E-state index contributed by atoms with van der Waals surface area (Å²) in [6.45, 7) is 0. The Morgan fingerprint density at radius 3 is 2.35 bits per heavy atom. The second-order valence-corrected chi connectivity index (χ2v) is 4.66. The molecule has 23 heavy (non-hydrogen) atoms. The summed E-state index contributed by atoms with van der Waals surface area (Å²) in [6, 6.07) is 12.0. The minimum absolute atomic E-state index is 0. The van der Waals surface area contributed by atoms with Gasteiger partial charge in [0.25, 0.3) is 0 Å². The van der Waals surface area contributed by atoms with Crippen LogP contribution in [0.2, 0.25) is 0 Å². The highest BCUT2D eigenvalue weighted by atomic mass is 16.5. The molecule has 0 spiro atoms. The first-order valence-corrected chi connectivity index (χ1v) is 6.58. The minimum atomic E-state index is -0.964. The maximum absolute atomic E-state index is 10.9. The molecule has 1 aromatic heterocycles. The van der Waals surface area contributed by atoms with E-state index in [-0.39, 0.29) is 11.0 Å². The highest BCUT2D eigenvalue weighted by molar-refractivity contribution is 5.88. The molecule has 0 fully saturated rings. The van der Waals surface area contributed by atoms with Crippen LogP contribution in [0, 0.1) is 0 Å². The van der Waals surface area contributed by atoms with E-state index in [1.165, 1.54) is 12.1 Å². The lowest BCUT2D eigenvalue weighted by Gasteiger charge is -2.06. The molecule has 3 N–H and O–H groups in total. The third-order valence-corrected chi connectivity index (χ3v) is 3.39. The summed E-state index contributed by atoms with van der Waals surface area (Å²) in [6.07, 6.45) is 0. The van der Waals surface area contributed by atoms with Gasteiger partial charge in [-0.15, -0.1) is 0 Å². The number of methoxy groups -OCH3 is 2. The monoisotopic (exact) mass is 316 g/mol. The van der Waals surface area contributed by atoms with E-state index in [4.69, 9.17) is 14.6 Å². The van der Waals surface area contributed by atoms with Gasteiger partial charge in [-0.2, -0.15) is 9.78 Å². The molecule has 0 aliphatic heterocycles. The van der Waals surface area contributed by atoms with E-state index >= 15 is 0 Å². The maximum atomic E-state index is 10.9. The van der Waals surface area contributed by atoms with Gasteiger partial charge in [-0.05, 0) is 42.5 Å². The Hall–Kier alpha value is -3.06. The van der Waals surface area contributed by atoms with Crippen LogP contribution in [0.1, 0.15) is 10.4 Å². The molecule has 0 amide bonds. The molecule has 7 nitrogen and oxygen atoms in total. The van der Waals surface area contributed by atoms with E-state index in [1.54, 1.807) is 31.0 Å². The first-order chi connectivity index (χ1) is 10.6. The molecule has 120 valence electrons. The van der Waals surface area contributed by atoms with Crippen molar-refractivity contribution in [3.8, 4) is 17.3 Å². The number of hydrogen-bond acceptors (Lipinski definition) is 4. The molecule has 0 saturated carbocycles. The van der Waals surface area contributed by atoms with Crippen molar-refractivity contribution >= 4 is 16.9 Å². The Labute approximate surface area is 132 Å². The van der Waals surface area contributed by atoms with E-state index in [0.717, 1.165) is 16.6 Å². The average molecular weight is 316 g/mol. The summed E-state index contributed by atoms with van der Waals surface area (Å²) < 4.78 is 12.3. The number of fused-ring (bicyclic) bond motifs is 1. The van der Waals surface area contributed by atoms with Crippen molar-refractivity contribution in [2.45, 2.75) is 0 Å². The van der Waals surface area contributed by atoms with Crippen molar-refractivity contribution in [2.24, 2.45) is 0 Å². The Kier molecular flexibility index (Phi) is 4.52. The summed E-state index contributed by atoms with van der Waals surface area (Å²) in [7, 11) is 3.17. The molecule has 7 heteroatoms. The number of benzene rings is 2. The summed E-state index contributed by atoms with van der Waals surface area (Å²) >= 11 is 0. The lowest BCUT2D eigenvalue weighted by Crippen LogP contribution is -2.01. The van der Waals surface area contributed by atoms with Gasteiger partial charge in [0, 0.05) is 0 Å². The molecule has 0 atom stereocenters. The molecule has 0 unspecified atom stereocenters. The molecule has 0 aliphatic rings. The first kappa shape index (κ1) is 16.3. The van der Waals surface area contributed by atoms with Crippen LogP contribution < -0.4 is 9.47 Å². The number of hydrogen-bond donors (Lipinski definition) is 1. The minimum Gasteiger partial charge on any atom is -0.497 e. The molecule has 0 saturated heterocycles. The number of rotatable bonds is 4. The first-order valence-electron chi connectivity index (χ1n) is 6.58. The van der Waals surface area contributed by atoms with Gasteiger partial charge < -0.3 is 20.1 Å². The predicted octanol–water partition coefficient (Wildman–Crippen LogP) is 1.92. The maximum Gasteiger partial charge on any atom is 0.335 e. The van der Waals surface area contributed by atoms with Crippen LogP contribution in [0.4, 0.5) is 0 Å². The second kappa shape index (κ2) is 6.37. The SMILES string of the molecule is COc1ccc2nn(-c3ccc(C(=O)O)cc3)c(OC)c2c1.O. The summed E-state index contributed by atoms with van der Waals surface area (Å²) in [5.74, 6) is 0.317. The van der Waals surface area contributed by atoms with Gasteiger partial charge in [0.2, 0.25) is 5.88 Å². The zero-order valence-electron chi connectivity index (χ0n) is 12.6. The lowest BCUT2D eigenvalue weighted by molar-refractivity contribution is 0.0697. The van der Waals surface area contributed by atoms with Gasteiger partial charge in [-0.25, -0.2) is 4.79 Å². The van der Waals surface area contributed by atoms with Crippen molar-refractivity contribution in [2.75, 3.05) is 14.2 Å². The van der Waals surface area contributed by atoms with Crippen LogP contribution in [0.3, 0.4) is 0 Å². The fourth-order valence-electron chi connectivity index (χ4n) is 2.28. The van der Waals surface area contributed by atoms with Crippen LogP contribution in [0.25, 0.3) is 16.6 Å². The van der Waals surface area contributed by atoms with E-state index < -0.39 is 5.97 Å². The van der Waals surface area contributed by atoms with Gasteiger partial charge in [0.05, 0.1) is 36.4 Å². The number of nitrogens with zero attached hydrogens (tertiary/aromatic N) is 2. The van der Waals surface area contributed by atoms with E-state index in [2.05, 4.69) is 5.10 Å². The van der Waals surface area contributed by atoms with Gasteiger partial charge in [-0.3, -0.25) is 0 Å². The van der Waals surface area contributed by atoms with E-state index in [0.29, 0.717) is 11.6 Å². The molecule has 3 aromatic rings. The zero-order valence-corrected chi connectivity index (χ0v) is 12.6. The number of aromatic carboxylic acids is 1. The quantitative estimate of drug-likeness (QED) is 0.791. The molecular weight excluding hydrogens is 300 g/mol. The second-order valence-electron chi connectivity index (χ2n) is 4.66. The van der Waals surface area contributed by atoms with Crippen LogP contribution in [0.5, 0.6) is 11.6 Å². The van der Waals surface area contributed by atoms with Crippen molar-refractivity contribution in [3.63, 3.8) is 0 Å². The largest absolute Gasteiger partial charge is 0.497 e. The van der Waals surface area contributed by atoms with Crippen molar-refractivity contribution < 1.29 is 24.9 Å². The topological polar surface area (TPSA) is 105 Å². The highest BCUT2D eigenvalue weighted by Crippen LogP contribution is 2.31. The van der Waals surface area contributed by atoms with Gasteiger partial charge >= 0.3 is 5.97 Å². The van der Waals surface area contributed by atoms with Crippen molar-refractivity contribution in [1.82, 2.24) is 9.78 Å². The van der Waals surface area contributed by atoms with Crippen LogP contribution in [-0.2, 0) is 0 Å². The van der Waals surface area contributed by atoms with Crippen LogP contribution in [0.15, 0.2) is 42.5 Å². The van der Waals surface area contributed by atoms with Gasteiger partial charge in [0.1, 0.15) is 5.75 Å². The Balaban J connectivity index is 0.00000192. The fourth-order valence-corrected chi connectivity index (χ4v) is 2.28. The molecule has 0 radical (unpaired) electrons. The third-order valence-electron chi connectivity index (χ3n) is 3.39. The van der Waals surface area contributed by atoms with Gasteiger partial charge in [0.15, 0.2) is 0 Å². The molecule has 3 rings (SSSR count). The Morgan fingerprint density at radius 2 is 1.78 bits per heavy atom. The lowest BCUT2D eigenvalue weighted by atomic mass is 10.2. The summed E-state index contributed by atoms with van der Waals surface area (Å²) in [4.78, 5) is 10.9. The Morgan fingerprint density at radius 1 is 1.09 bits per heavy atom. The smallest absolute Gasteiger partial charge is 0.335 e. The van der Waals surface area contributed by atoms with Gasteiger partial charge in [-0.1, -0.05) is 0 Å². The number of aromatic nitrogens is 2. The number of carboxylic acids is 1. The van der Waals surface area contributed by atoms with Crippen molar-refractivity contribution in [3.05, 3.63) is 48.0 Å². The molecule has 0 aliphatic carbocycles. The summed E-state index contributed by atoms with van der Waals surface area (Å²) in [5.41, 5.74) is 1.71. The number of carbonyl (C=O) groups is 1. The van der Waals surface area contributed by atoms with Crippen LogP contribution in [-0.4, -0.2) is 40.6 Å². The number of carboxylic acid groups (broad SMARTS) is 1. The highest BCUT2D eigenvalue weighted by Gasteiger charge is 2.14. The Bertz CT molecular complexity index is 840. The van der Waals surface area contributed by atoms with E-state index in [1.807, 2.05) is 18.2 Å². The molecular formula is C16H16N2O5. The number of ether oxygens (including phenoxy) is 2. The summed E-state index contributed by atoms with van der Waals surface area (Å²) in [5, 5.41) is 14.3. The van der Waals surface area contributed by atoms with E-state index in [9.17, 15) is 4.79 Å². The third kappa shape index (κ3) is 2.82. The normalized spacial score (nSPS) is 10.2. The van der Waals surface area contributed by atoms with Crippen LogP contribution >= 0.6 is 0 Å². The molecule has 1 heterocycles. The predicted molar refractivity (Wildman–Crippen MR) is 84.7 cm³/mol. The fraction of sp³-hybridized carbons (Fsp3) is 0.125. The standard InChI is InChI=1S/C16H14N2O4.H2O/c1-21-12-7-8-14-13(9-12)15(22-2)18(17-14)11-5-3-10(4-6-11)16(19)20;/h3-9H,1-2H3,(H,19,20);1H2. The van der Waals surface area contributed by atoms with Crippen molar-refractivity contribution in [1.29, 1.82) is 0 Å². The average Bonchev–Trinajstić information content (AvgIpc) is 2.92.